The first kappa shape index (κ1) is 12.9. The molecule has 1 atom stereocenters. The molecule has 82 valence electrons. The topological polar surface area (TPSA) is 43.4 Å². The number of ketones is 1. The summed E-state index contributed by atoms with van der Waals surface area (Å²) in [5, 5.41) is 0. The zero-order chi connectivity index (χ0) is 11.4. The van der Waals surface area contributed by atoms with Crippen LogP contribution in [-0.4, -0.2) is 25.0 Å². The van der Waals surface area contributed by atoms with Crippen LogP contribution < -0.4 is 0 Å². The van der Waals surface area contributed by atoms with Gasteiger partial charge in [0, 0.05) is 6.42 Å². The van der Waals surface area contributed by atoms with Gasteiger partial charge >= 0.3 is 12.1 Å². The molecule has 0 aliphatic rings. The SMILES string of the molecule is COC(=O)CC(=O)CC(C)C(F)(F)F. The van der Waals surface area contributed by atoms with Crippen molar-refractivity contribution in [3.8, 4) is 0 Å². The van der Waals surface area contributed by atoms with Crippen LogP contribution in [0.3, 0.4) is 0 Å². The molecule has 0 aromatic rings. The monoisotopic (exact) mass is 212 g/mol. The fraction of sp³-hybridized carbons (Fsp3) is 0.750. The third-order valence-electron chi connectivity index (χ3n) is 1.66. The lowest BCUT2D eigenvalue weighted by Crippen LogP contribution is -2.23. The predicted octanol–water partition coefficient (Wildman–Crippen LogP) is 1.71. The normalized spacial score (nSPS) is 13.5. The number of hydrogen-bond acceptors (Lipinski definition) is 3. The Morgan fingerprint density at radius 2 is 1.86 bits per heavy atom. The predicted molar refractivity (Wildman–Crippen MR) is 41.5 cm³/mol. The van der Waals surface area contributed by atoms with Crippen molar-refractivity contribution < 1.29 is 27.5 Å². The van der Waals surface area contributed by atoms with Crippen LogP contribution in [0.5, 0.6) is 0 Å². The molecule has 0 aromatic carbocycles. The van der Waals surface area contributed by atoms with Gasteiger partial charge in [-0.05, 0) is 0 Å². The van der Waals surface area contributed by atoms with Gasteiger partial charge in [0.1, 0.15) is 12.2 Å². The quantitative estimate of drug-likeness (QED) is 0.526. The van der Waals surface area contributed by atoms with E-state index in [9.17, 15) is 22.8 Å². The van der Waals surface area contributed by atoms with Crippen LogP contribution in [0.1, 0.15) is 19.8 Å². The van der Waals surface area contributed by atoms with E-state index in [0.717, 1.165) is 14.0 Å². The smallest absolute Gasteiger partial charge is 0.391 e. The summed E-state index contributed by atoms with van der Waals surface area (Å²) in [5.74, 6) is -3.30. The summed E-state index contributed by atoms with van der Waals surface area (Å²) in [6.07, 6.45) is -5.68. The Hall–Kier alpha value is -1.07. The lowest BCUT2D eigenvalue weighted by Gasteiger charge is -2.13. The molecule has 14 heavy (non-hydrogen) atoms. The molecule has 0 N–H and O–H groups in total. The summed E-state index contributed by atoms with van der Waals surface area (Å²) in [7, 11) is 1.07. The number of methoxy groups -OCH3 is 1. The van der Waals surface area contributed by atoms with E-state index in [4.69, 9.17) is 0 Å². The van der Waals surface area contributed by atoms with E-state index >= 15 is 0 Å². The highest BCUT2D eigenvalue weighted by Crippen LogP contribution is 2.28. The molecule has 0 aliphatic carbocycles. The molecule has 0 bridgehead atoms. The van der Waals surface area contributed by atoms with Gasteiger partial charge in [-0.25, -0.2) is 0 Å². The number of esters is 1. The minimum Gasteiger partial charge on any atom is -0.469 e. The van der Waals surface area contributed by atoms with Gasteiger partial charge < -0.3 is 4.74 Å². The number of Topliss-reactive ketones (excluding diaryl/α,β-unsaturated/α-hetero) is 1. The molecule has 0 amide bonds. The third kappa shape index (κ3) is 4.84. The molecule has 1 unspecified atom stereocenters. The maximum Gasteiger partial charge on any atom is 0.391 e. The second-order valence-electron chi connectivity index (χ2n) is 2.94. The Morgan fingerprint density at radius 3 is 2.21 bits per heavy atom. The summed E-state index contributed by atoms with van der Waals surface area (Å²) in [6.45, 7) is 0.898. The molecule has 6 heteroatoms. The lowest BCUT2D eigenvalue weighted by atomic mass is 10.0. The molecule has 0 saturated carbocycles. The molecule has 3 nitrogen and oxygen atoms in total. The van der Waals surface area contributed by atoms with Crippen molar-refractivity contribution in [1.29, 1.82) is 0 Å². The average molecular weight is 212 g/mol. The number of carbonyl (C=O) groups is 2. The van der Waals surface area contributed by atoms with E-state index in [1.165, 1.54) is 0 Å². The van der Waals surface area contributed by atoms with E-state index in [-0.39, 0.29) is 0 Å². The largest absolute Gasteiger partial charge is 0.469 e. The highest BCUT2D eigenvalue weighted by Gasteiger charge is 2.37. The second kappa shape index (κ2) is 4.97. The zero-order valence-electron chi connectivity index (χ0n) is 7.85. The highest BCUT2D eigenvalue weighted by molar-refractivity contribution is 5.95. The minimum absolute atomic E-state index is 0.600. The van der Waals surface area contributed by atoms with E-state index < -0.39 is 36.7 Å². The number of alkyl halides is 3. The zero-order valence-corrected chi connectivity index (χ0v) is 7.85. The standard InChI is InChI=1S/C8H11F3O3/c1-5(8(9,10)11)3-6(12)4-7(13)14-2/h5H,3-4H2,1-2H3. The fourth-order valence-corrected chi connectivity index (χ4v) is 0.763. The van der Waals surface area contributed by atoms with E-state index in [0.29, 0.717) is 0 Å². The van der Waals surface area contributed by atoms with Crippen molar-refractivity contribution in [2.75, 3.05) is 7.11 Å². The molecular weight excluding hydrogens is 201 g/mol. The maximum absolute atomic E-state index is 12.0. The molecular formula is C8H11F3O3. The number of carbonyl (C=O) groups excluding carboxylic acids is 2. The Balaban J connectivity index is 4.01. The van der Waals surface area contributed by atoms with Crippen LogP contribution >= 0.6 is 0 Å². The van der Waals surface area contributed by atoms with Gasteiger partial charge in [-0.2, -0.15) is 13.2 Å². The van der Waals surface area contributed by atoms with Gasteiger partial charge in [0.05, 0.1) is 13.0 Å². The maximum atomic E-state index is 12.0. The molecule has 0 heterocycles. The van der Waals surface area contributed by atoms with Crippen LogP contribution in [0, 0.1) is 5.92 Å². The molecule has 0 aromatic heterocycles. The molecule has 0 spiro atoms. The molecule has 0 saturated heterocycles. The minimum atomic E-state index is -4.40. The van der Waals surface area contributed by atoms with Crippen molar-refractivity contribution in [3.63, 3.8) is 0 Å². The molecule has 0 fully saturated rings. The van der Waals surface area contributed by atoms with Crippen molar-refractivity contribution >= 4 is 11.8 Å². The summed E-state index contributed by atoms with van der Waals surface area (Å²) >= 11 is 0. The Labute approximate surface area is 79.2 Å². The van der Waals surface area contributed by atoms with Crippen LogP contribution in [0.4, 0.5) is 13.2 Å². The summed E-state index contributed by atoms with van der Waals surface area (Å²) < 4.78 is 40.0. The van der Waals surface area contributed by atoms with Crippen molar-refractivity contribution in [3.05, 3.63) is 0 Å². The van der Waals surface area contributed by atoms with Gasteiger partial charge in [-0.15, -0.1) is 0 Å². The van der Waals surface area contributed by atoms with Crippen molar-refractivity contribution in [1.82, 2.24) is 0 Å². The number of halogens is 3. The summed E-state index contributed by atoms with van der Waals surface area (Å²) in [5.41, 5.74) is 0. The van der Waals surface area contributed by atoms with Crippen LogP contribution in [0.15, 0.2) is 0 Å². The molecule has 0 rings (SSSR count). The van der Waals surface area contributed by atoms with Gasteiger partial charge in [0.15, 0.2) is 0 Å². The Bertz CT molecular complexity index is 222. The Morgan fingerprint density at radius 1 is 1.36 bits per heavy atom. The average Bonchev–Trinajstić information content (AvgIpc) is 2.02. The number of ether oxygens (including phenoxy) is 1. The van der Waals surface area contributed by atoms with Gasteiger partial charge in [0.25, 0.3) is 0 Å². The van der Waals surface area contributed by atoms with Gasteiger partial charge in [0.2, 0.25) is 0 Å². The first-order valence-corrected chi connectivity index (χ1v) is 3.92. The van der Waals surface area contributed by atoms with Gasteiger partial charge in [-0.3, -0.25) is 9.59 Å². The lowest BCUT2D eigenvalue weighted by molar-refractivity contribution is -0.174. The van der Waals surface area contributed by atoms with Crippen LogP contribution in [-0.2, 0) is 14.3 Å². The van der Waals surface area contributed by atoms with Crippen LogP contribution in [0.25, 0.3) is 0 Å². The first-order valence-electron chi connectivity index (χ1n) is 3.92. The van der Waals surface area contributed by atoms with Crippen LogP contribution in [0.2, 0.25) is 0 Å². The van der Waals surface area contributed by atoms with Crippen molar-refractivity contribution in [2.45, 2.75) is 25.9 Å². The fourth-order valence-electron chi connectivity index (χ4n) is 0.763. The molecule has 0 radical (unpaired) electrons. The Kier molecular flexibility index (Phi) is 4.59. The van der Waals surface area contributed by atoms with Gasteiger partial charge in [-0.1, -0.05) is 6.92 Å². The van der Waals surface area contributed by atoms with E-state index in [1.807, 2.05) is 0 Å². The summed E-state index contributed by atoms with van der Waals surface area (Å²) in [6, 6.07) is 0. The highest BCUT2D eigenvalue weighted by atomic mass is 19.4. The summed E-state index contributed by atoms with van der Waals surface area (Å²) in [4.78, 5) is 21.4. The van der Waals surface area contributed by atoms with E-state index in [1.54, 1.807) is 0 Å². The van der Waals surface area contributed by atoms with E-state index in [2.05, 4.69) is 4.74 Å². The number of rotatable bonds is 4. The number of hydrogen-bond donors (Lipinski definition) is 0. The van der Waals surface area contributed by atoms with Crippen molar-refractivity contribution in [2.24, 2.45) is 5.92 Å². The second-order valence-corrected chi connectivity index (χ2v) is 2.94. The molecule has 0 aliphatic heterocycles. The first-order chi connectivity index (χ1) is 6.27. The third-order valence-corrected chi connectivity index (χ3v) is 1.66.